The van der Waals surface area contributed by atoms with Crippen LogP contribution in [-0.2, 0) is 58.9 Å². The number of hydrogen-bond donors (Lipinski definition) is 2. The topological polar surface area (TPSA) is 179 Å². The zero-order chi connectivity index (χ0) is 32.3. The Labute approximate surface area is 258 Å². The SMILES string of the molecule is CC(=O)OC[C@H]1O[C@@H](OCCCCCCCOC[C@H](O)COCc2ccccc2)[C@H](CC(N)=O)[C@@H](OC(C)=O)[C@H]1OC(C)=O. The Morgan fingerprint density at radius 3 is 2.09 bits per heavy atom. The van der Waals surface area contributed by atoms with E-state index in [2.05, 4.69) is 0 Å². The lowest BCUT2D eigenvalue weighted by atomic mass is 9.87. The summed E-state index contributed by atoms with van der Waals surface area (Å²) in [5, 5.41) is 10.0. The predicted octanol–water partition coefficient (Wildman–Crippen LogP) is 2.19. The lowest BCUT2D eigenvalue weighted by Gasteiger charge is -2.44. The number of esters is 3. The van der Waals surface area contributed by atoms with Crippen LogP contribution in [0.1, 0.15) is 64.9 Å². The molecule has 13 heteroatoms. The average molecular weight is 626 g/mol. The molecule has 2 rings (SSSR count). The molecule has 3 N–H and O–H groups in total. The average Bonchev–Trinajstić information content (AvgIpc) is 2.95. The third kappa shape index (κ3) is 15.1. The lowest BCUT2D eigenvalue weighted by Crippen LogP contribution is -2.59. The maximum Gasteiger partial charge on any atom is 0.303 e. The zero-order valence-corrected chi connectivity index (χ0v) is 25.9. The molecule has 0 aromatic heterocycles. The molecular formula is C31H47NO12. The molecular weight excluding hydrogens is 578 g/mol. The largest absolute Gasteiger partial charge is 0.463 e. The van der Waals surface area contributed by atoms with Gasteiger partial charge in [-0.05, 0) is 18.4 Å². The van der Waals surface area contributed by atoms with Gasteiger partial charge in [-0.25, -0.2) is 0 Å². The van der Waals surface area contributed by atoms with E-state index in [0.717, 1.165) is 31.2 Å². The molecule has 6 atom stereocenters. The summed E-state index contributed by atoms with van der Waals surface area (Å²) < 4.78 is 39.0. The molecule has 0 saturated carbocycles. The molecule has 0 bridgehead atoms. The van der Waals surface area contributed by atoms with E-state index in [0.29, 0.717) is 19.6 Å². The Morgan fingerprint density at radius 1 is 0.841 bits per heavy atom. The van der Waals surface area contributed by atoms with Crippen LogP contribution in [0.25, 0.3) is 0 Å². The summed E-state index contributed by atoms with van der Waals surface area (Å²) in [5.74, 6) is -3.45. The number of aliphatic hydroxyl groups excluding tert-OH is 1. The molecule has 1 fully saturated rings. The second-order valence-corrected chi connectivity index (χ2v) is 10.7. The standard InChI is InChI=1S/C31H47NO12/c1-21(33)41-20-27-30(43-23(3)35)29(42-22(2)34)26(16-28(32)37)31(44-27)40-15-11-6-4-5-10-14-38-18-25(36)19-39-17-24-12-8-7-9-13-24/h7-9,12-13,25-27,29-31,36H,4-6,10-11,14-20H2,1-3H3,(H2,32,37)/t25-,26+,27+,29+,30-,31+/m0/s1. The molecule has 1 aromatic carbocycles. The first kappa shape index (κ1) is 37.1. The fraction of sp³-hybridized carbons (Fsp3) is 0.677. The molecule has 0 radical (unpaired) electrons. The maximum absolute atomic E-state index is 11.9. The third-order valence-electron chi connectivity index (χ3n) is 6.71. The van der Waals surface area contributed by atoms with Crippen LogP contribution in [0.3, 0.4) is 0 Å². The first-order valence-corrected chi connectivity index (χ1v) is 15.0. The minimum atomic E-state index is -1.15. The van der Waals surface area contributed by atoms with Crippen LogP contribution >= 0.6 is 0 Å². The Morgan fingerprint density at radius 2 is 1.45 bits per heavy atom. The van der Waals surface area contributed by atoms with Gasteiger partial charge < -0.3 is 44.0 Å². The molecule has 1 aliphatic heterocycles. The van der Waals surface area contributed by atoms with Crippen molar-refractivity contribution in [2.45, 2.75) is 96.6 Å². The van der Waals surface area contributed by atoms with E-state index in [1.54, 1.807) is 0 Å². The highest BCUT2D eigenvalue weighted by Gasteiger charge is 2.51. The second kappa shape index (κ2) is 20.8. The predicted molar refractivity (Wildman–Crippen MR) is 156 cm³/mol. The zero-order valence-electron chi connectivity index (χ0n) is 25.9. The Bertz CT molecular complexity index is 1010. The Balaban J connectivity index is 1.74. The van der Waals surface area contributed by atoms with Gasteiger partial charge in [-0.3, -0.25) is 19.2 Å². The molecule has 1 heterocycles. The highest BCUT2D eigenvalue weighted by molar-refractivity contribution is 5.74. The Kier molecular flexibility index (Phi) is 17.5. The highest BCUT2D eigenvalue weighted by Crippen LogP contribution is 2.34. The number of benzene rings is 1. The Hall–Kier alpha value is -3.10. The fourth-order valence-electron chi connectivity index (χ4n) is 4.77. The number of rotatable bonds is 21. The van der Waals surface area contributed by atoms with Crippen molar-refractivity contribution < 1.29 is 57.4 Å². The summed E-state index contributed by atoms with van der Waals surface area (Å²) >= 11 is 0. The van der Waals surface area contributed by atoms with E-state index in [-0.39, 0.29) is 32.8 Å². The van der Waals surface area contributed by atoms with Crippen molar-refractivity contribution in [3.8, 4) is 0 Å². The summed E-state index contributed by atoms with van der Waals surface area (Å²) in [6.07, 6.45) is -1.02. The van der Waals surface area contributed by atoms with Crippen LogP contribution in [-0.4, -0.2) is 92.7 Å². The number of nitrogens with two attached hydrogens (primary N) is 1. The number of carbonyl (C=O) groups is 4. The van der Waals surface area contributed by atoms with Crippen molar-refractivity contribution >= 4 is 23.8 Å². The van der Waals surface area contributed by atoms with E-state index < -0.39 is 60.4 Å². The van der Waals surface area contributed by atoms with Gasteiger partial charge in [0.1, 0.15) is 24.9 Å². The number of amides is 1. The summed E-state index contributed by atoms with van der Waals surface area (Å²) in [7, 11) is 0. The van der Waals surface area contributed by atoms with Gasteiger partial charge in [0.2, 0.25) is 5.91 Å². The van der Waals surface area contributed by atoms with Crippen molar-refractivity contribution in [2.24, 2.45) is 11.7 Å². The van der Waals surface area contributed by atoms with Gasteiger partial charge in [-0.1, -0.05) is 49.6 Å². The van der Waals surface area contributed by atoms with E-state index in [4.69, 9.17) is 38.9 Å². The van der Waals surface area contributed by atoms with Crippen molar-refractivity contribution in [2.75, 3.05) is 33.0 Å². The molecule has 1 saturated heterocycles. The first-order valence-electron chi connectivity index (χ1n) is 15.0. The monoisotopic (exact) mass is 625 g/mol. The molecule has 1 aromatic rings. The van der Waals surface area contributed by atoms with Crippen LogP contribution in [0.15, 0.2) is 30.3 Å². The van der Waals surface area contributed by atoms with E-state index in [9.17, 15) is 24.3 Å². The van der Waals surface area contributed by atoms with Crippen LogP contribution < -0.4 is 5.73 Å². The van der Waals surface area contributed by atoms with E-state index >= 15 is 0 Å². The fourth-order valence-corrected chi connectivity index (χ4v) is 4.77. The quantitative estimate of drug-likeness (QED) is 0.116. The smallest absolute Gasteiger partial charge is 0.303 e. The van der Waals surface area contributed by atoms with Crippen LogP contribution in [0.5, 0.6) is 0 Å². The van der Waals surface area contributed by atoms with Crippen molar-refractivity contribution in [1.82, 2.24) is 0 Å². The van der Waals surface area contributed by atoms with Gasteiger partial charge in [0.25, 0.3) is 0 Å². The number of ether oxygens (including phenoxy) is 7. The minimum absolute atomic E-state index is 0.205. The minimum Gasteiger partial charge on any atom is -0.463 e. The van der Waals surface area contributed by atoms with Gasteiger partial charge in [0, 0.05) is 40.4 Å². The normalized spacial score (nSPS) is 22.1. The highest BCUT2D eigenvalue weighted by atomic mass is 16.7. The van der Waals surface area contributed by atoms with Crippen molar-refractivity contribution in [1.29, 1.82) is 0 Å². The van der Waals surface area contributed by atoms with Gasteiger partial charge in [0.15, 0.2) is 12.4 Å². The number of hydrogen-bond acceptors (Lipinski definition) is 12. The van der Waals surface area contributed by atoms with Crippen molar-refractivity contribution in [3.63, 3.8) is 0 Å². The third-order valence-corrected chi connectivity index (χ3v) is 6.71. The summed E-state index contributed by atoms with van der Waals surface area (Å²) in [6.45, 7) is 4.96. The molecule has 1 amide bonds. The van der Waals surface area contributed by atoms with Gasteiger partial charge >= 0.3 is 17.9 Å². The van der Waals surface area contributed by atoms with E-state index in [1.807, 2.05) is 30.3 Å². The van der Waals surface area contributed by atoms with Crippen LogP contribution in [0.4, 0.5) is 0 Å². The molecule has 0 unspecified atom stereocenters. The van der Waals surface area contributed by atoms with Gasteiger partial charge in [-0.15, -0.1) is 0 Å². The summed E-state index contributed by atoms with van der Waals surface area (Å²) in [4.78, 5) is 47.1. The molecule has 0 aliphatic carbocycles. The summed E-state index contributed by atoms with van der Waals surface area (Å²) in [5.41, 5.74) is 6.51. The number of carbonyl (C=O) groups excluding carboxylic acids is 4. The second-order valence-electron chi connectivity index (χ2n) is 10.7. The number of unbranched alkanes of at least 4 members (excludes halogenated alkanes) is 4. The van der Waals surface area contributed by atoms with E-state index in [1.165, 1.54) is 20.8 Å². The molecule has 248 valence electrons. The van der Waals surface area contributed by atoms with Crippen molar-refractivity contribution in [3.05, 3.63) is 35.9 Å². The molecule has 13 nitrogen and oxygen atoms in total. The molecule has 0 spiro atoms. The number of primary amides is 1. The summed E-state index contributed by atoms with van der Waals surface area (Å²) in [6, 6.07) is 9.74. The van der Waals surface area contributed by atoms with Gasteiger partial charge in [-0.2, -0.15) is 0 Å². The molecule has 44 heavy (non-hydrogen) atoms. The number of aliphatic hydroxyl groups is 1. The maximum atomic E-state index is 11.9. The van der Waals surface area contributed by atoms with Gasteiger partial charge in [0.05, 0.1) is 25.7 Å². The lowest BCUT2D eigenvalue weighted by molar-refractivity contribution is -0.291. The molecule has 1 aliphatic rings. The van der Waals surface area contributed by atoms with Crippen LogP contribution in [0.2, 0.25) is 0 Å². The first-order chi connectivity index (χ1) is 21.1. The van der Waals surface area contributed by atoms with Crippen LogP contribution in [0, 0.1) is 5.92 Å².